The fourth-order valence-electron chi connectivity index (χ4n) is 4.48. The third-order valence-electron chi connectivity index (χ3n) is 6.52. The van der Waals surface area contributed by atoms with Gasteiger partial charge in [0.15, 0.2) is 5.75 Å². The second-order valence-electron chi connectivity index (χ2n) is 8.88. The number of halogens is 1. The maximum atomic E-state index is 13.0. The number of carboxylic acid groups (broad SMARTS) is 1. The van der Waals surface area contributed by atoms with Crippen molar-refractivity contribution in [3.63, 3.8) is 0 Å². The number of carbonyl (C=O) groups is 2. The van der Waals surface area contributed by atoms with Gasteiger partial charge in [0.05, 0.1) is 23.7 Å². The van der Waals surface area contributed by atoms with Crippen molar-refractivity contribution < 1.29 is 28.9 Å². The lowest BCUT2D eigenvalue weighted by Gasteiger charge is -2.35. The predicted octanol–water partition coefficient (Wildman–Crippen LogP) is 6.27. The summed E-state index contributed by atoms with van der Waals surface area (Å²) in [4.78, 5) is 24.5. The average molecular weight is 483 g/mol. The molecule has 1 N–H and O–H groups in total. The number of methoxy groups -OCH3 is 1. The van der Waals surface area contributed by atoms with Crippen molar-refractivity contribution in [1.29, 1.82) is 0 Å². The summed E-state index contributed by atoms with van der Waals surface area (Å²) in [5.41, 5.74) is 0.342. The highest BCUT2D eigenvalue weighted by atomic mass is 35.5. The van der Waals surface area contributed by atoms with Crippen molar-refractivity contribution in [1.82, 2.24) is 0 Å². The second kappa shape index (κ2) is 9.94. The Labute approximate surface area is 203 Å². The highest BCUT2D eigenvalue weighted by Crippen LogP contribution is 2.40. The predicted molar refractivity (Wildman–Crippen MR) is 130 cm³/mol. The second-order valence-corrected chi connectivity index (χ2v) is 9.29. The van der Waals surface area contributed by atoms with Crippen LogP contribution in [-0.2, 0) is 16.1 Å². The van der Waals surface area contributed by atoms with Crippen LogP contribution < -0.4 is 9.47 Å². The maximum Gasteiger partial charge on any atom is 0.339 e. The zero-order chi connectivity index (χ0) is 24.3. The molecule has 1 saturated carbocycles. The van der Waals surface area contributed by atoms with E-state index in [-0.39, 0.29) is 35.0 Å². The first-order valence-electron chi connectivity index (χ1n) is 11.2. The topological polar surface area (TPSA) is 82.1 Å². The van der Waals surface area contributed by atoms with Crippen molar-refractivity contribution in [3.8, 4) is 11.5 Å². The number of carboxylic acids is 1. The molecule has 0 amide bonds. The fraction of sp³-hybridized carbons (Fsp3) is 0.333. The number of hydrogen-bond acceptors (Lipinski definition) is 5. The third-order valence-corrected chi connectivity index (χ3v) is 6.80. The van der Waals surface area contributed by atoms with Gasteiger partial charge in [0.2, 0.25) is 0 Å². The van der Waals surface area contributed by atoms with Gasteiger partial charge in [0, 0.05) is 6.07 Å². The molecule has 0 atom stereocenters. The Balaban J connectivity index is 1.37. The minimum atomic E-state index is -1.14. The van der Waals surface area contributed by atoms with E-state index >= 15 is 0 Å². The molecule has 3 aromatic rings. The smallest absolute Gasteiger partial charge is 0.339 e. The minimum Gasteiger partial charge on any atom is -0.494 e. The van der Waals surface area contributed by atoms with Gasteiger partial charge in [0.1, 0.15) is 17.9 Å². The van der Waals surface area contributed by atoms with Crippen LogP contribution in [0.3, 0.4) is 0 Å². The van der Waals surface area contributed by atoms with E-state index in [1.807, 2.05) is 49.4 Å². The van der Waals surface area contributed by atoms with Crippen LogP contribution in [0.2, 0.25) is 5.02 Å². The molecule has 0 radical (unpaired) electrons. The summed E-state index contributed by atoms with van der Waals surface area (Å²) in [5, 5.41) is 11.8. The van der Waals surface area contributed by atoms with Gasteiger partial charge < -0.3 is 19.3 Å². The van der Waals surface area contributed by atoms with Crippen LogP contribution in [-0.4, -0.2) is 30.3 Å². The van der Waals surface area contributed by atoms with Crippen LogP contribution in [0.1, 0.15) is 48.5 Å². The van der Waals surface area contributed by atoms with E-state index in [9.17, 15) is 14.7 Å². The number of rotatable bonds is 7. The molecule has 4 rings (SSSR count). The number of carbonyl (C=O) groups excluding carboxylic acids is 1. The molecule has 7 heteroatoms. The van der Waals surface area contributed by atoms with Gasteiger partial charge in [-0.2, -0.15) is 0 Å². The molecule has 0 aliphatic heterocycles. The lowest BCUT2D eigenvalue weighted by atomic mass is 9.74. The molecule has 1 aliphatic rings. The largest absolute Gasteiger partial charge is 0.494 e. The number of ether oxygens (including phenoxy) is 3. The Morgan fingerprint density at radius 1 is 1.09 bits per heavy atom. The summed E-state index contributed by atoms with van der Waals surface area (Å²) in [6, 6.07) is 17.0. The lowest BCUT2D eigenvalue weighted by molar-refractivity contribution is -0.159. The molecule has 0 aromatic heterocycles. The van der Waals surface area contributed by atoms with Gasteiger partial charge in [-0.1, -0.05) is 54.1 Å². The first-order valence-corrected chi connectivity index (χ1v) is 11.6. The highest BCUT2D eigenvalue weighted by molar-refractivity contribution is 6.32. The Morgan fingerprint density at radius 2 is 1.79 bits per heavy atom. The van der Waals surface area contributed by atoms with E-state index in [2.05, 4.69) is 0 Å². The quantitative estimate of drug-likeness (QED) is 0.399. The lowest BCUT2D eigenvalue weighted by Crippen LogP contribution is -2.37. The van der Waals surface area contributed by atoms with Gasteiger partial charge in [-0.25, -0.2) is 4.79 Å². The number of aromatic carboxylic acids is 1. The summed E-state index contributed by atoms with van der Waals surface area (Å²) in [6.45, 7) is 2.17. The molecule has 3 aromatic carbocycles. The van der Waals surface area contributed by atoms with Crippen LogP contribution in [0, 0.1) is 5.41 Å². The Kier molecular flexibility index (Phi) is 6.98. The van der Waals surface area contributed by atoms with Crippen molar-refractivity contribution in [2.75, 3.05) is 7.11 Å². The van der Waals surface area contributed by atoms with Crippen LogP contribution in [0.5, 0.6) is 11.5 Å². The van der Waals surface area contributed by atoms with E-state index in [4.69, 9.17) is 25.8 Å². The molecule has 0 saturated heterocycles. The molecule has 1 aliphatic carbocycles. The maximum absolute atomic E-state index is 13.0. The van der Waals surface area contributed by atoms with Gasteiger partial charge in [-0.05, 0) is 55.0 Å². The minimum absolute atomic E-state index is 0.0531. The van der Waals surface area contributed by atoms with Gasteiger partial charge >= 0.3 is 11.9 Å². The van der Waals surface area contributed by atoms with Crippen molar-refractivity contribution in [2.24, 2.45) is 5.41 Å². The standard InChI is InChI=1S/C27H27ClO6/c1-27(26(31)33-16-18-8-5-7-17-6-3-4-9-21(17)18)12-10-19(11-13-27)34-20-14-22(25(29)30)24(32-2)23(28)15-20/h3-9,14-15,19H,10-13,16H2,1-2H3,(H,29,30)/t19-,27+. The first-order chi connectivity index (χ1) is 16.3. The van der Waals surface area contributed by atoms with E-state index in [0.717, 1.165) is 16.3 Å². The van der Waals surface area contributed by atoms with E-state index < -0.39 is 11.4 Å². The summed E-state index contributed by atoms with van der Waals surface area (Å²) < 4.78 is 16.9. The molecular weight excluding hydrogens is 456 g/mol. The summed E-state index contributed by atoms with van der Waals surface area (Å²) in [6.07, 6.45) is 2.37. The molecule has 0 heterocycles. The molecule has 0 unspecified atom stereocenters. The summed E-state index contributed by atoms with van der Waals surface area (Å²) in [7, 11) is 1.37. The fourth-order valence-corrected chi connectivity index (χ4v) is 4.77. The van der Waals surface area contributed by atoms with Gasteiger partial charge in [0.25, 0.3) is 0 Å². The molecule has 1 fully saturated rings. The molecular formula is C27H27ClO6. The number of hydrogen-bond donors (Lipinski definition) is 1. The monoisotopic (exact) mass is 482 g/mol. The van der Waals surface area contributed by atoms with Crippen LogP contribution in [0.4, 0.5) is 0 Å². The van der Waals surface area contributed by atoms with E-state index in [1.54, 1.807) is 6.07 Å². The van der Waals surface area contributed by atoms with Gasteiger partial charge in [-0.3, -0.25) is 4.79 Å². The number of esters is 1. The Hall–Kier alpha value is -3.25. The zero-order valence-electron chi connectivity index (χ0n) is 19.2. The third kappa shape index (κ3) is 4.97. The van der Waals surface area contributed by atoms with Crippen molar-refractivity contribution >= 4 is 34.3 Å². The van der Waals surface area contributed by atoms with Crippen molar-refractivity contribution in [2.45, 2.75) is 45.3 Å². The molecule has 34 heavy (non-hydrogen) atoms. The van der Waals surface area contributed by atoms with E-state index in [1.165, 1.54) is 13.2 Å². The molecule has 6 nitrogen and oxygen atoms in total. The van der Waals surface area contributed by atoms with Crippen LogP contribution >= 0.6 is 11.6 Å². The summed E-state index contributed by atoms with van der Waals surface area (Å²) in [5.74, 6) is -0.879. The van der Waals surface area contributed by atoms with Gasteiger partial charge in [-0.15, -0.1) is 0 Å². The highest BCUT2D eigenvalue weighted by Gasteiger charge is 2.39. The summed E-state index contributed by atoms with van der Waals surface area (Å²) >= 11 is 6.18. The Morgan fingerprint density at radius 3 is 2.50 bits per heavy atom. The number of benzene rings is 3. The van der Waals surface area contributed by atoms with Crippen LogP contribution in [0.25, 0.3) is 10.8 Å². The normalized spacial score (nSPS) is 20.0. The molecule has 0 spiro atoms. The average Bonchev–Trinajstić information content (AvgIpc) is 2.83. The molecule has 178 valence electrons. The SMILES string of the molecule is COc1c(Cl)cc(O[C@H]2CC[C@@](C)(C(=O)OCc3cccc4ccccc34)CC2)cc1C(=O)O. The molecule has 0 bridgehead atoms. The van der Waals surface area contributed by atoms with Crippen LogP contribution in [0.15, 0.2) is 54.6 Å². The van der Waals surface area contributed by atoms with Crippen molar-refractivity contribution in [3.05, 3.63) is 70.7 Å². The Bertz CT molecular complexity index is 1210. The van der Waals surface area contributed by atoms with E-state index in [0.29, 0.717) is 31.4 Å². The number of fused-ring (bicyclic) bond motifs is 1. The first kappa shape index (κ1) is 23.9. The zero-order valence-corrected chi connectivity index (χ0v) is 19.9.